The number of nitrogens with zero attached hydrogens (tertiary/aromatic N) is 2. The van der Waals surface area contributed by atoms with Gasteiger partial charge in [-0.3, -0.25) is 5.10 Å². The molecule has 2 heterocycles. The Balaban J connectivity index is 2.26. The summed E-state index contributed by atoms with van der Waals surface area (Å²) >= 11 is 1.81. The molecular weight excluding hydrogens is 272 g/mol. The van der Waals surface area contributed by atoms with Gasteiger partial charge in [-0.1, -0.05) is 6.92 Å². The van der Waals surface area contributed by atoms with E-state index in [9.17, 15) is 8.42 Å². The summed E-state index contributed by atoms with van der Waals surface area (Å²) in [5.41, 5.74) is 0.684. The van der Waals surface area contributed by atoms with Gasteiger partial charge in [0.25, 0.3) is 10.0 Å². The summed E-state index contributed by atoms with van der Waals surface area (Å²) in [4.78, 5) is 0. The zero-order chi connectivity index (χ0) is 13.2. The first-order valence-corrected chi connectivity index (χ1v) is 8.33. The number of thioether (sulfide) groups is 1. The van der Waals surface area contributed by atoms with Crippen molar-refractivity contribution in [3.63, 3.8) is 0 Å². The van der Waals surface area contributed by atoms with Gasteiger partial charge in [0.2, 0.25) is 0 Å². The van der Waals surface area contributed by atoms with E-state index in [1.165, 1.54) is 0 Å². The van der Waals surface area contributed by atoms with Crippen molar-refractivity contribution in [2.24, 2.45) is 0 Å². The van der Waals surface area contributed by atoms with Crippen LogP contribution in [-0.2, 0) is 16.6 Å². The van der Waals surface area contributed by atoms with Gasteiger partial charge in [0.1, 0.15) is 0 Å². The van der Waals surface area contributed by atoms with Crippen LogP contribution in [0.25, 0.3) is 0 Å². The molecule has 8 heteroatoms. The summed E-state index contributed by atoms with van der Waals surface area (Å²) in [6.07, 6.45) is 1.56. The predicted octanol–water partition coefficient (Wildman–Crippen LogP) is 0.255. The first-order valence-electron chi connectivity index (χ1n) is 5.84. The van der Waals surface area contributed by atoms with Crippen LogP contribution < -0.4 is 5.32 Å². The van der Waals surface area contributed by atoms with Crippen LogP contribution in [0, 0.1) is 0 Å². The van der Waals surface area contributed by atoms with E-state index in [0.29, 0.717) is 30.4 Å². The molecule has 18 heavy (non-hydrogen) atoms. The molecule has 0 spiro atoms. The average Bonchev–Trinajstić information content (AvgIpc) is 2.78. The zero-order valence-corrected chi connectivity index (χ0v) is 12.1. The molecule has 1 aromatic heterocycles. The van der Waals surface area contributed by atoms with Crippen LogP contribution in [0.3, 0.4) is 0 Å². The third kappa shape index (κ3) is 2.71. The van der Waals surface area contributed by atoms with Crippen molar-refractivity contribution in [1.29, 1.82) is 0 Å². The highest BCUT2D eigenvalue weighted by Crippen LogP contribution is 2.24. The largest absolute Gasteiger partial charge is 0.316 e. The Morgan fingerprint density at radius 1 is 1.67 bits per heavy atom. The highest BCUT2D eigenvalue weighted by atomic mass is 32.2. The van der Waals surface area contributed by atoms with E-state index >= 15 is 0 Å². The van der Waals surface area contributed by atoms with Gasteiger partial charge in [0.15, 0.2) is 5.03 Å². The summed E-state index contributed by atoms with van der Waals surface area (Å²) < 4.78 is 26.6. The normalized spacial score (nSPS) is 22.2. The molecule has 2 rings (SSSR count). The van der Waals surface area contributed by atoms with Gasteiger partial charge in [-0.05, 0) is 7.05 Å². The first-order chi connectivity index (χ1) is 8.55. The van der Waals surface area contributed by atoms with E-state index in [1.54, 1.807) is 29.3 Å². The van der Waals surface area contributed by atoms with E-state index in [4.69, 9.17) is 0 Å². The molecule has 1 saturated heterocycles. The molecule has 0 amide bonds. The third-order valence-corrected chi connectivity index (χ3v) is 5.86. The lowest BCUT2D eigenvalue weighted by Gasteiger charge is -2.29. The number of sulfonamides is 1. The number of hydrogen-bond donors (Lipinski definition) is 2. The molecule has 1 aliphatic heterocycles. The summed E-state index contributed by atoms with van der Waals surface area (Å²) in [6, 6.07) is 0. The number of rotatable bonds is 4. The quantitative estimate of drug-likeness (QED) is 0.831. The molecule has 0 aromatic carbocycles. The fraction of sp³-hybridized carbons (Fsp3) is 0.700. The Bertz CT molecular complexity index is 500. The van der Waals surface area contributed by atoms with Crippen LogP contribution >= 0.6 is 11.8 Å². The minimum atomic E-state index is -3.44. The van der Waals surface area contributed by atoms with Crippen LogP contribution in [0.15, 0.2) is 11.2 Å². The SMILES string of the molecule is CNCc1cn[nH]c1S(=O)(=O)N1CCSC(C)C1. The number of H-pyrrole nitrogens is 1. The van der Waals surface area contributed by atoms with Gasteiger partial charge in [0, 0.05) is 36.2 Å². The van der Waals surface area contributed by atoms with E-state index in [1.807, 2.05) is 6.92 Å². The summed E-state index contributed by atoms with van der Waals surface area (Å²) in [7, 11) is -1.66. The maximum Gasteiger partial charge on any atom is 0.260 e. The van der Waals surface area contributed by atoms with Crippen molar-refractivity contribution in [1.82, 2.24) is 19.8 Å². The summed E-state index contributed by atoms with van der Waals surface area (Å²) in [5.74, 6) is 0.843. The van der Waals surface area contributed by atoms with Crippen LogP contribution in [0.1, 0.15) is 12.5 Å². The Labute approximate surface area is 112 Å². The zero-order valence-electron chi connectivity index (χ0n) is 10.5. The van der Waals surface area contributed by atoms with Crippen molar-refractivity contribution in [2.75, 3.05) is 25.9 Å². The average molecular weight is 290 g/mol. The molecule has 1 aliphatic rings. The Kier molecular flexibility index (Phi) is 4.31. The van der Waals surface area contributed by atoms with E-state index in [-0.39, 0.29) is 5.03 Å². The molecular formula is C10H18N4O2S2. The Morgan fingerprint density at radius 2 is 2.44 bits per heavy atom. The van der Waals surface area contributed by atoms with Crippen molar-refractivity contribution in [2.45, 2.75) is 23.7 Å². The molecule has 0 aliphatic carbocycles. The van der Waals surface area contributed by atoms with Crippen LogP contribution in [0.5, 0.6) is 0 Å². The molecule has 0 bridgehead atoms. The van der Waals surface area contributed by atoms with Crippen molar-refractivity contribution in [3.8, 4) is 0 Å². The van der Waals surface area contributed by atoms with Gasteiger partial charge >= 0.3 is 0 Å². The molecule has 102 valence electrons. The molecule has 2 N–H and O–H groups in total. The number of nitrogens with one attached hydrogen (secondary N) is 2. The lowest BCUT2D eigenvalue weighted by Crippen LogP contribution is -2.41. The summed E-state index contributed by atoms with van der Waals surface area (Å²) in [5, 5.41) is 9.96. The molecule has 1 atom stereocenters. The minimum Gasteiger partial charge on any atom is -0.316 e. The van der Waals surface area contributed by atoms with E-state index in [2.05, 4.69) is 15.5 Å². The third-order valence-electron chi connectivity index (χ3n) is 2.85. The lowest BCUT2D eigenvalue weighted by molar-refractivity contribution is 0.421. The van der Waals surface area contributed by atoms with Crippen molar-refractivity contribution in [3.05, 3.63) is 11.8 Å². The van der Waals surface area contributed by atoms with Crippen LogP contribution in [-0.4, -0.2) is 54.1 Å². The van der Waals surface area contributed by atoms with Crippen molar-refractivity contribution < 1.29 is 8.42 Å². The molecule has 0 radical (unpaired) electrons. The molecule has 0 saturated carbocycles. The standard InChI is InChI=1S/C10H18N4O2S2/c1-8-7-14(3-4-17-8)18(15,16)10-9(5-11-2)6-12-13-10/h6,8,11H,3-5,7H2,1-2H3,(H,12,13). The van der Waals surface area contributed by atoms with Gasteiger partial charge in [-0.25, -0.2) is 8.42 Å². The smallest absolute Gasteiger partial charge is 0.260 e. The number of hydrogen-bond acceptors (Lipinski definition) is 5. The molecule has 1 aromatic rings. The molecule has 6 nitrogen and oxygen atoms in total. The minimum absolute atomic E-state index is 0.218. The van der Waals surface area contributed by atoms with Gasteiger partial charge in [0.05, 0.1) is 6.20 Å². The van der Waals surface area contributed by atoms with Gasteiger partial charge in [-0.15, -0.1) is 0 Å². The Morgan fingerprint density at radius 3 is 3.11 bits per heavy atom. The number of aromatic amines is 1. The first kappa shape index (κ1) is 13.9. The van der Waals surface area contributed by atoms with Gasteiger partial charge in [-0.2, -0.15) is 21.2 Å². The highest BCUT2D eigenvalue weighted by Gasteiger charge is 2.31. The highest BCUT2D eigenvalue weighted by molar-refractivity contribution is 8.00. The van der Waals surface area contributed by atoms with Crippen molar-refractivity contribution >= 4 is 21.8 Å². The molecule has 1 unspecified atom stereocenters. The maximum atomic E-state index is 12.5. The molecule has 1 fully saturated rings. The second kappa shape index (κ2) is 5.60. The van der Waals surface area contributed by atoms with E-state index in [0.717, 1.165) is 5.75 Å². The monoisotopic (exact) mass is 290 g/mol. The fourth-order valence-electron chi connectivity index (χ4n) is 1.97. The van der Waals surface area contributed by atoms with Gasteiger partial charge < -0.3 is 5.32 Å². The van der Waals surface area contributed by atoms with Crippen LogP contribution in [0.4, 0.5) is 0 Å². The Hall–Kier alpha value is -0.570. The van der Waals surface area contributed by atoms with E-state index < -0.39 is 10.0 Å². The topological polar surface area (TPSA) is 78.1 Å². The second-order valence-corrected chi connectivity index (χ2v) is 7.72. The second-order valence-electron chi connectivity index (χ2n) is 4.30. The lowest BCUT2D eigenvalue weighted by atomic mass is 10.4. The summed E-state index contributed by atoms with van der Waals surface area (Å²) in [6.45, 7) is 3.66. The van der Waals surface area contributed by atoms with Crippen LogP contribution in [0.2, 0.25) is 0 Å². The fourth-order valence-corrected chi connectivity index (χ4v) is 4.83. The predicted molar refractivity (Wildman–Crippen MR) is 72.0 cm³/mol. The number of aromatic nitrogens is 2. The maximum absolute atomic E-state index is 12.5.